The molecule has 1 heterocycles. The average molecular weight is 331 g/mol. The molecule has 2 rings (SSSR count). The summed E-state index contributed by atoms with van der Waals surface area (Å²) in [7, 11) is 0. The SMILES string of the molecule is OCc1ccc(CCNc2ncc(C(F)(F)F)cc2Cl)cc1. The van der Waals surface area contributed by atoms with Gasteiger partial charge in [0.1, 0.15) is 5.82 Å². The van der Waals surface area contributed by atoms with Gasteiger partial charge in [0.15, 0.2) is 0 Å². The molecule has 22 heavy (non-hydrogen) atoms. The van der Waals surface area contributed by atoms with E-state index in [1.54, 1.807) is 0 Å². The number of benzene rings is 1. The first-order valence-corrected chi connectivity index (χ1v) is 6.93. The third-order valence-corrected chi connectivity index (χ3v) is 3.37. The highest BCUT2D eigenvalue weighted by Gasteiger charge is 2.31. The summed E-state index contributed by atoms with van der Waals surface area (Å²) < 4.78 is 37.5. The number of nitrogens with one attached hydrogen (secondary N) is 1. The first-order chi connectivity index (χ1) is 10.4. The van der Waals surface area contributed by atoms with E-state index in [-0.39, 0.29) is 17.4 Å². The number of alkyl halides is 3. The first-order valence-electron chi connectivity index (χ1n) is 6.55. The van der Waals surface area contributed by atoms with Crippen molar-refractivity contribution in [3.8, 4) is 0 Å². The van der Waals surface area contributed by atoms with Gasteiger partial charge in [-0.25, -0.2) is 4.98 Å². The quantitative estimate of drug-likeness (QED) is 0.874. The standard InChI is InChI=1S/C15H14ClF3N2O/c16-13-7-12(15(17,18)19)8-21-14(13)20-6-5-10-1-3-11(9-22)4-2-10/h1-4,7-8,22H,5-6,9H2,(H,20,21). The minimum absolute atomic E-state index is 0.0103. The van der Waals surface area contributed by atoms with Gasteiger partial charge in [-0.15, -0.1) is 0 Å². The summed E-state index contributed by atoms with van der Waals surface area (Å²) in [6.45, 7) is 0.472. The fourth-order valence-corrected chi connectivity index (χ4v) is 2.09. The lowest BCUT2D eigenvalue weighted by Gasteiger charge is -2.11. The number of pyridine rings is 1. The van der Waals surface area contributed by atoms with E-state index in [1.807, 2.05) is 24.3 Å². The van der Waals surface area contributed by atoms with Gasteiger partial charge < -0.3 is 10.4 Å². The largest absolute Gasteiger partial charge is 0.417 e. The van der Waals surface area contributed by atoms with Crippen LogP contribution in [0.25, 0.3) is 0 Å². The predicted molar refractivity (Wildman–Crippen MR) is 78.8 cm³/mol. The number of aliphatic hydroxyl groups excluding tert-OH is 1. The van der Waals surface area contributed by atoms with E-state index in [1.165, 1.54) is 0 Å². The van der Waals surface area contributed by atoms with Crippen molar-refractivity contribution in [3.63, 3.8) is 0 Å². The van der Waals surface area contributed by atoms with E-state index in [4.69, 9.17) is 16.7 Å². The summed E-state index contributed by atoms with van der Waals surface area (Å²) >= 11 is 5.80. The summed E-state index contributed by atoms with van der Waals surface area (Å²) in [5.74, 6) is 0.224. The van der Waals surface area contributed by atoms with Crippen LogP contribution in [0.2, 0.25) is 5.02 Å². The number of hydrogen-bond donors (Lipinski definition) is 2. The van der Waals surface area contributed by atoms with Crippen LogP contribution in [0.1, 0.15) is 16.7 Å². The van der Waals surface area contributed by atoms with Gasteiger partial charge in [0.25, 0.3) is 0 Å². The summed E-state index contributed by atoms with van der Waals surface area (Å²) in [4.78, 5) is 3.71. The Hall–Kier alpha value is -1.79. The molecule has 3 nitrogen and oxygen atoms in total. The molecule has 0 aliphatic heterocycles. The lowest BCUT2D eigenvalue weighted by atomic mass is 10.1. The molecule has 0 saturated carbocycles. The summed E-state index contributed by atoms with van der Waals surface area (Å²) in [6.07, 6.45) is -3.04. The second kappa shape index (κ2) is 6.98. The Morgan fingerprint density at radius 1 is 1.14 bits per heavy atom. The molecule has 0 bridgehead atoms. The molecule has 0 spiro atoms. The number of nitrogens with zero attached hydrogens (tertiary/aromatic N) is 1. The third kappa shape index (κ3) is 4.35. The molecule has 0 aliphatic rings. The summed E-state index contributed by atoms with van der Waals surface area (Å²) in [5, 5.41) is 11.8. The lowest BCUT2D eigenvalue weighted by molar-refractivity contribution is -0.137. The van der Waals surface area contributed by atoms with Gasteiger partial charge in [-0.1, -0.05) is 35.9 Å². The van der Waals surface area contributed by atoms with Crippen LogP contribution >= 0.6 is 11.6 Å². The van der Waals surface area contributed by atoms with Crippen molar-refractivity contribution in [2.24, 2.45) is 0 Å². The monoisotopic (exact) mass is 330 g/mol. The Labute approximate surface area is 130 Å². The fraction of sp³-hybridized carbons (Fsp3) is 0.267. The van der Waals surface area contributed by atoms with Crippen LogP contribution in [-0.4, -0.2) is 16.6 Å². The minimum Gasteiger partial charge on any atom is -0.392 e. The van der Waals surface area contributed by atoms with Crippen LogP contribution in [0.4, 0.5) is 19.0 Å². The topological polar surface area (TPSA) is 45.1 Å². The zero-order chi connectivity index (χ0) is 16.2. The first kappa shape index (κ1) is 16.6. The maximum atomic E-state index is 12.5. The highest BCUT2D eigenvalue weighted by atomic mass is 35.5. The van der Waals surface area contributed by atoms with Gasteiger partial charge in [-0.05, 0) is 23.6 Å². The van der Waals surface area contributed by atoms with Crippen molar-refractivity contribution in [2.75, 3.05) is 11.9 Å². The number of aromatic nitrogens is 1. The van der Waals surface area contributed by atoms with Crippen molar-refractivity contribution < 1.29 is 18.3 Å². The van der Waals surface area contributed by atoms with Gasteiger partial charge in [0, 0.05) is 12.7 Å². The molecule has 7 heteroatoms. The van der Waals surface area contributed by atoms with Gasteiger partial charge in [0.2, 0.25) is 0 Å². The van der Waals surface area contributed by atoms with Crippen LogP contribution in [-0.2, 0) is 19.2 Å². The Kier molecular flexibility index (Phi) is 5.26. The Bertz CT molecular complexity index is 630. The molecular weight excluding hydrogens is 317 g/mol. The van der Waals surface area contributed by atoms with Crippen LogP contribution in [0.3, 0.4) is 0 Å². The molecule has 0 amide bonds. The molecular formula is C15H14ClF3N2O. The molecule has 0 radical (unpaired) electrons. The van der Waals surface area contributed by atoms with E-state index in [0.717, 1.165) is 23.4 Å². The van der Waals surface area contributed by atoms with Gasteiger partial charge >= 0.3 is 6.18 Å². The van der Waals surface area contributed by atoms with E-state index < -0.39 is 11.7 Å². The summed E-state index contributed by atoms with van der Waals surface area (Å²) in [5.41, 5.74) is 0.986. The van der Waals surface area contributed by atoms with E-state index in [9.17, 15) is 13.2 Å². The predicted octanol–water partition coefficient (Wildman–Crippen LogP) is 3.90. The fourth-order valence-electron chi connectivity index (χ4n) is 1.86. The molecule has 0 unspecified atom stereocenters. The number of rotatable bonds is 5. The van der Waals surface area contributed by atoms with E-state index >= 15 is 0 Å². The molecule has 2 aromatic rings. The second-order valence-corrected chi connectivity index (χ2v) is 5.11. The number of hydrogen-bond acceptors (Lipinski definition) is 3. The molecule has 2 N–H and O–H groups in total. The van der Waals surface area contributed by atoms with Crippen LogP contribution in [0.5, 0.6) is 0 Å². The lowest BCUT2D eigenvalue weighted by Crippen LogP contribution is -2.10. The zero-order valence-electron chi connectivity index (χ0n) is 11.5. The molecule has 0 atom stereocenters. The average Bonchev–Trinajstić information content (AvgIpc) is 2.48. The molecule has 0 fully saturated rings. The van der Waals surface area contributed by atoms with Gasteiger partial charge in [-0.2, -0.15) is 13.2 Å². The van der Waals surface area contributed by atoms with Crippen molar-refractivity contribution in [1.82, 2.24) is 4.98 Å². The highest BCUT2D eigenvalue weighted by molar-refractivity contribution is 6.32. The van der Waals surface area contributed by atoms with Crippen molar-refractivity contribution in [3.05, 3.63) is 58.2 Å². The van der Waals surface area contributed by atoms with Crippen molar-refractivity contribution in [2.45, 2.75) is 19.2 Å². The van der Waals surface area contributed by atoms with Crippen LogP contribution in [0, 0.1) is 0 Å². The number of anilines is 1. The van der Waals surface area contributed by atoms with Crippen LogP contribution in [0.15, 0.2) is 36.5 Å². The molecule has 0 aliphatic carbocycles. The van der Waals surface area contributed by atoms with Gasteiger partial charge in [-0.3, -0.25) is 0 Å². The maximum absolute atomic E-state index is 12.5. The smallest absolute Gasteiger partial charge is 0.392 e. The molecule has 0 saturated heterocycles. The Morgan fingerprint density at radius 2 is 1.77 bits per heavy atom. The van der Waals surface area contributed by atoms with Gasteiger partial charge in [0.05, 0.1) is 17.2 Å². The van der Waals surface area contributed by atoms with E-state index in [0.29, 0.717) is 13.0 Å². The zero-order valence-corrected chi connectivity index (χ0v) is 12.2. The highest BCUT2D eigenvalue weighted by Crippen LogP contribution is 2.32. The van der Waals surface area contributed by atoms with Crippen LogP contribution < -0.4 is 5.32 Å². The van der Waals surface area contributed by atoms with Crippen molar-refractivity contribution >= 4 is 17.4 Å². The van der Waals surface area contributed by atoms with Crippen molar-refractivity contribution in [1.29, 1.82) is 0 Å². The Morgan fingerprint density at radius 3 is 2.32 bits per heavy atom. The molecule has 1 aromatic carbocycles. The summed E-state index contributed by atoms with van der Waals surface area (Å²) in [6, 6.07) is 8.26. The maximum Gasteiger partial charge on any atom is 0.417 e. The third-order valence-electron chi connectivity index (χ3n) is 3.08. The normalized spacial score (nSPS) is 11.5. The van der Waals surface area contributed by atoms with E-state index in [2.05, 4.69) is 10.3 Å². The Balaban J connectivity index is 1.94. The molecule has 118 valence electrons. The minimum atomic E-state index is -4.45. The molecule has 1 aromatic heterocycles. The second-order valence-electron chi connectivity index (χ2n) is 4.70. The number of aliphatic hydroxyl groups is 1. The number of halogens is 4.